The van der Waals surface area contributed by atoms with Gasteiger partial charge in [-0.3, -0.25) is 4.90 Å². The van der Waals surface area contributed by atoms with E-state index in [1.807, 2.05) is 0 Å². The van der Waals surface area contributed by atoms with E-state index in [9.17, 15) is 8.78 Å². The van der Waals surface area contributed by atoms with Crippen LogP contribution in [0.4, 0.5) is 8.78 Å². The molecule has 0 atom stereocenters. The fourth-order valence-corrected chi connectivity index (χ4v) is 6.05. The van der Waals surface area contributed by atoms with E-state index in [-0.39, 0.29) is 11.4 Å². The summed E-state index contributed by atoms with van der Waals surface area (Å²) in [6, 6.07) is 33.6. The smallest absolute Gasteiger partial charge is 0.297 e. The second kappa shape index (κ2) is 12.7. The van der Waals surface area contributed by atoms with Gasteiger partial charge in [0.05, 0.1) is 13.7 Å². The number of alkyl halides is 2. The Kier molecular flexibility index (Phi) is 8.82. The summed E-state index contributed by atoms with van der Waals surface area (Å²) in [5.41, 5.74) is 3.18. The molecule has 2 saturated heterocycles. The molecule has 0 aliphatic carbocycles. The minimum absolute atomic E-state index is 0.148. The van der Waals surface area contributed by atoms with Crippen molar-refractivity contribution in [2.75, 3.05) is 26.8 Å². The third kappa shape index (κ3) is 5.76. The Labute approximate surface area is 234 Å². The summed E-state index contributed by atoms with van der Waals surface area (Å²) >= 11 is 0. The summed E-state index contributed by atoms with van der Waals surface area (Å²) in [5.74, 6) is -0.361. The van der Waals surface area contributed by atoms with Crippen LogP contribution in [0.2, 0.25) is 0 Å². The zero-order chi connectivity index (χ0) is 27.8. The van der Waals surface area contributed by atoms with Gasteiger partial charge in [0.25, 0.3) is 6.43 Å². The summed E-state index contributed by atoms with van der Waals surface area (Å²) in [5, 5.41) is 0. The van der Waals surface area contributed by atoms with Gasteiger partial charge in [-0.15, -0.1) is 0 Å². The standard InChI is InChI=1S/C27H29NO.C6H6F2N2O/c1-4-12-23(13-5-1)27(24-14-6-2-7-15-24,25-16-8-3-9-17-25)29-22-26-18-10-20-28(26)21-11-19-26;1-11-4-2-3-9-6(10-4)5(7)8/h1-9,12-17H,10-11,18-22H2;2-3,5H,1H3. The summed E-state index contributed by atoms with van der Waals surface area (Å²) in [6.45, 7) is 3.21. The zero-order valence-corrected chi connectivity index (χ0v) is 22.8. The molecule has 2 aliphatic heterocycles. The molecule has 208 valence electrons. The molecular formula is C33H35F2N3O2. The van der Waals surface area contributed by atoms with Crippen LogP contribution in [-0.4, -0.2) is 47.2 Å². The van der Waals surface area contributed by atoms with Crippen LogP contribution in [0.3, 0.4) is 0 Å². The van der Waals surface area contributed by atoms with E-state index in [0.717, 1.165) is 6.61 Å². The lowest BCUT2D eigenvalue weighted by Gasteiger charge is -2.40. The van der Waals surface area contributed by atoms with E-state index < -0.39 is 17.9 Å². The molecule has 1 aromatic heterocycles. The number of fused-ring (bicyclic) bond motifs is 1. The predicted molar refractivity (Wildman–Crippen MR) is 151 cm³/mol. The van der Waals surface area contributed by atoms with Crippen molar-refractivity contribution in [3.05, 3.63) is 126 Å². The van der Waals surface area contributed by atoms with Gasteiger partial charge in [0, 0.05) is 17.8 Å². The second-order valence-corrected chi connectivity index (χ2v) is 10.2. The van der Waals surface area contributed by atoms with E-state index in [1.54, 1.807) is 0 Å². The van der Waals surface area contributed by atoms with Gasteiger partial charge in [-0.05, 0) is 55.5 Å². The van der Waals surface area contributed by atoms with Gasteiger partial charge in [-0.1, -0.05) is 91.0 Å². The van der Waals surface area contributed by atoms with Crippen LogP contribution < -0.4 is 4.74 Å². The fourth-order valence-electron chi connectivity index (χ4n) is 6.05. The average molecular weight is 544 g/mol. The second-order valence-electron chi connectivity index (χ2n) is 10.2. The Bertz CT molecular complexity index is 1230. The monoisotopic (exact) mass is 543 g/mol. The van der Waals surface area contributed by atoms with E-state index in [1.165, 1.54) is 74.8 Å². The van der Waals surface area contributed by atoms with Crippen LogP contribution in [0, 0.1) is 0 Å². The van der Waals surface area contributed by atoms with Gasteiger partial charge in [0.15, 0.2) is 5.82 Å². The third-order valence-corrected chi connectivity index (χ3v) is 7.96. The van der Waals surface area contributed by atoms with Crippen LogP contribution >= 0.6 is 0 Å². The minimum atomic E-state index is -2.65. The lowest BCUT2D eigenvalue weighted by Crippen LogP contribution is -2.46. The first-order valence-corrected chi connectivity index (χ1v) is 13.8. The van der Waals surface area contributed by atoms with Crippen molar-refractivity contribution in [2.24, 2.45) is 0 Å². The Morgan fingerprint density at radius 1 is 0.800 bits per heavy atom. The number of benzene rings is 3. The number of methoxy groups -OCH3 is 1. The molecule has 2 fully saturated rings. The lowest BCUT2D eigenvalue weighted by atomic mass is 9.79. The molecule has 0 unspecified atom stereocenters. The highest BCUT2D eigenvalue weighted by atomic mass is 19.3. The van der Waals surface area contributed by atoms with Gasteiger partial charge in [0.1, 0.15) is 5.60 Å². The lowest BCUT2D eigenvalue weighted by molar-refractivity contribution is -0.0416. The van der Waals surface area contributed by atoms with E-state index in [4.69, 9.17) is 4.74 Å². The largest absolute Gasteiger partial charge is 0.481 e. The van der Waals surface area contributed by atoms with Gasteiger partial charge < -0.3 is 9.47 Å². The number of aromatic nitrogens is 2. The van der Waals surface area contributed by atoms with Crippen LogP contribution in [0.25, 0.3) is 0 Å². The molecule has 0 bridgehead atoms. The molecule has 3 heterocycles. The molecule has 7 heteroatoms. The highest BCUT2D eigenvalue weighted by Gasteiger charge is 2.47. The van der Waals surface area contributed by atoms with Crippen LogP contribution in [0.5, 0.6) is 5.88 Å². The number of ether oxygens (including phenoxy) is 2. The summed E-state index contributed by atoms with van der Waals surface area (Å²) < 4.78 is 35.6. The molecule has 2 aliphatic rings. The van der Waals surface area contributed by atoms with Crippen molar-refractivity contribution < 1.29 is 18.3 Å². The molecule has 4 aromatic rings. The number of halogens is 2. The molecule has 3 aromatic carbocycles. The first-order valence-electron chi connectivity index (χ1n) is 13.8. The summed E-state index contributed by atoms with van der Waals surface area (Å²) in [6.07, 6.45) is 3.66. The van der Waals surface area contributed by atoms with Crippen LogP contribution in [0.1, 0.15) is 54.6 Å². The molecule has 0 N–H and O–H groups in total. The van der Waals surface area contributed by atoms with Crippen LogP contribution in [-0.2, 0) is 10.3 Å². The molecule has 40 heavy (non-hydrogen) atoms. The Morgan fingerprint density at radius 3 is 1.75 bits per heavy atom. The molecular weight excluding hydrogens is 508 g/mol. The van der Waals surface area contributed by atoms with Crippen molar-refractivity contribution in [1.29, 1.82) is 0 Å². The molecule has 0 radical (unpaired) electrons. The van der Waals surface area contributed by atoms with E-state index >= 15 is 0 Å². The van der Waals surface area contributed by atoms with E-state index in [2.05, 4.69) is 111 Å². The molecule has 5 nitrogen and oxygen atoms in total. The first-order chi connectivity index (χ1) is 19.6. The van der Waals surface area contributed by atoms with Gasteiger partial charge in [-0.25, -0.2) is 13.8 Å². The maximum Gasteiger partial charge on any atom is 0.297 e. The van der Waals surface area contributed by atoms with Gasteiger partial charge in [-0.2, -0.15) is 4.98 Å². The predicted octanol–water partition coefficient (Wildman–Crippen LogP) is 7.05. The Morgan fingerprint density at radius 2 is 1.30 bits per heavy atom. The van der Waals surface area contributed by atoms with E-state index in [0.29, 0.717) is 0 Å². The SMILES string of the molecule is COc1ccnc(C(F)F)n1.c1ccc(C(OCC23CCCN2CCC3)(c2ccccc2)c2ccccc2)cc1. The van der Waals surface area contributed by atoms with Crippen LogP contribution in [0.15, 0.2) is 103 Å². The highest BCUT2D eigenvalue weighted by molar-refractivity contribution is 5.47. The maximum atomic E-state index is 11.9. The molecule has 0 saturated carbocycles. The Balaban J connectivity index is 0.000000248. The number of hydrogen-bond donors (Lipinski definition) is 0. The van der Waals surface area contributed by atoms with Crippen molar-refractivity contribution >= 4 is 0 Å². The molecule has 6 rings (SSSR count). The average Bonchev–Trinajstić information content (AvgIpc) is 3.60. The van der Waals surface area contributed by atoms with Crippen molar-refractivity contribution in [3.63, 3.8) is 0 Å². The summed E-state index contributed by atoms with van der Waals surface area (Å²) in [7, 11) is 1.36. The fraction of sp³-hybridized carbons (Fsp3) is 0.333. The topological polar surface area (TPSA) is 47.5 Å². The van der Waals surface area contributed by atoms with Gasteiger partial charge >= 0.3 is 0 Å². The Hall–Kier alpha value is -3.68. The van der Waals surface area contributed by atoms with Crippen molar-refractivity contribution in [1.82, 2.24) is 14.9 Å². The molecule has 0 amide bonds. The summed E-state index contributed by atoms with van der Waals surface area (Å²) in [4.78, 5) is 9.43. The number of nitrogens with zero attached hydrogens (tertiary/aromatic N) is 3. The quantitative estimate of drug-likeness (QED) is 0.223. The highest BCUT2D eigenvalue weighted by Crippen LogP contribution is 2.45. The number of rotatable bonds is 8. The van der Waals surface area contributed by atoms with Crippen molar-refractivity contribution in [3.8, 4) is 5.88 Å². The third-order valence-electron chi connectivity index (χ3n) is 7.96. The number of hydrogen-bond acceptors (Lipinski definition) is 5. The maximum absolute atomic E-state index is 11.9. The minimum Gasteiger partial charge on any atom is -0.481 e. The molecule has 0 spiro atoms. The zero-order valence-electron chi connectivity index (χ0n) is 22.8. The first kappa shape index (κ1) is 27.9. The van der Waals surface area contributed by atoms with Crippen molar-refractivity contribution in [2.45, 2.75) is 43.2 Å². The van der Waals surface area contributed by atoms with Gasteiger partial charge in [0.2, 0.25) is 5.88 Å². The normalized spacial score (nSPS) is 16.3.